The highest BCUT2D eigenvalue weighted by Crippen LogP contribution is 2.26. The van der Waals surface area contributed by atoms with Crippen molar-refractivity contribution in [3.63, 3.8) is 0 Å². The molecule has 2 rings (SSSR count). The highest BCUT2D eigenvalue weighted by atomic mass is 16.2. The van der Waals surface area contributed by atoms with Gasteiger partial charge >= 0.3 is 0 Å². The Kier molecular flexibility index (Phi) is 5.05. The van der Waals surface area contributed by atoms with Gasteiger partial charge in [0.2, 0.25) is 0 Å². The summed E-state index contributed by atoms with van der Waals surface area (Å²) in [7, 11) is 1.88. The van der Waals surface area contributed by atoms with E-state index in [0.717, 1.165) is 30.6 Å². The van der Waals surface area contributed by atoms with Gasteiger partial charge in [0.25, 0.3) is 5.91 Å². The minimum atomic E-state index is 0.170. The Morgan fingerprint density at radius 1 is 1.30 bits per heavy atom. The normalized spacial score (nSPS) is 15.9. The molecule has 1 N–H and O–H groups in total. The molecule has 0 spiro atoms. The van der Waals surface area contributed by atoms with Crippen molar-refractivity contribution in [1.29, 1.82) is 0 Å². The van der Waals surface area contributed by atoms with Crippen LogP contribution in [0.3, 0.4) is 0 Å². The number of aryl methyl sites for hydroxylation is 1. The maximum absolute atomic E-state index is 12.9. The molecular formula is C17H26N2O. The van der Waals surface area contributed by atoms with Crippen LogP contribution < -0.4 is 5.32 Å². The van der Waals surface area contributed by atoms with E-state index in [0.29, 0.717) is 6.04 Å². The van der Waals surface area contributed by atoms with Crippen molar-refractivity contribution >= 4 is 11.6 Å². The molecule has 3 heteroatoms. The van der Waals surface area contributed by atoms with Crippen molar-refractivity contribution in [2.24, 2.45) is 0 Å². The second-order valence-electron chi connectivity index (χ2n) is 5.68. The molecule has 0 aromatic heterocycles. The van der Waals surface area contributed by atoms with Gasteiger partial charge in [-0.2, -0.15) is 0 Å². The maximum Gasteiger partial charge on any atom is 0.256 e. The van der Waals surface area contributed by atoms with E-state index in [1.165, 1.54) is 24.8 Å². The van der Waals surface area contributed by atoms with Crippen molar-refractivity contribution in [2.45, 2.75) is 52.0 Å². The van der Waals surface area contributed by atoms with Crippen LogP contribution in [0.4, 0.5) is 5.69 Å². The molecule has 1 amide bonds. The van der Waals surface area contributed by atoms with Gasteiger partial charge in [-0.1, -0.05) is 25.3 Å². The van der Waals surface area contributed by atoms with Gasteiger partial charge < -0.3 is 10.2 Å². The van der Waals surface area contributed by atoms with Gasteiger partial charge in [0.05, 0.1) is 5.56 Å². The van der Waals surface area contributed by atoms with E-state index >= 15 is 0 Å². The van der Waals surface area contributed by atoms with Gasteiger partial charge in [0.15, 0.2) is 0 Å². The third kappa shape index (κ3) is 3.14. The molecule has 0 radical (unpaired) electrons. The van der Waals surface area contributed by atoms with Gasteiger partial charge in [-0.15, -0.1) is 0 Å². The summed E-state index contributed by atoms with van der Waals surface area (Å²) in [6.07, 6.45) is 6.12. The van der Waals surface area contributed by atoms with Crippen LogP contribution in [-0.4, -0.2) is 30.4 Å². The molecule has 0 aliphatic heterocycles. The number of carbonyl (C=O) groups is 1. The number of nitrogens with one attached hydrogen (secondary N) is 1. The number of carbonyl (C=O) groups excluding carboxylic acids is 1. The lowest BCUT2D eigenvalue weighted by Crippen LogP contribution is -2.41. The Labute approximate surface area is 122 Å². The number of hydrogen-bond acceptors (Lipinski definition) is 2. The van der Waals surface area contributed by atoms with E-state index in [4.69, 9.17) is 0 Å². The van der Waals surface area contributed by atoms with E-state index in [2.05, 4.69) is 17.1 Å². The molecule has 0 saturated heterocycles. The predicted molar refractivity (Wildman–Crippen MR) is 84.3 cm³/mol. The van der Waals surface area contributed by atoms with Gasteiger partial charge in [-0.25, -0.2) is 0 Å². The number of amides is 1. The van der Waals surface area contributed by atoms with Crippen molar-refractivity contribution in [3.8, 4) is 0 Å². The number of rotatable bonds is 4. The average molecular weight is 274 g/mol. The molecule has 3 nitrogen and oxygen atoms in total. The Morgan fingerprint density at radius 3 is 2.60 bits per heavy atom. The second kappa shape index (κ2) is 6.78. The van der Waals surface area contributed by atoms with Gasteiger partial charge in [-0.3, -0.25) is 4.79 Å². The smallest absolute Gasteiger partial charge is 0.256 e. The highest BCUT2D eigenvalue weighted by Gasteiger charge is 2.26. The fourth-order valence-corrected chi connectivity index (χ4v) is 3.17. The Morgan fingerprint density at radius 2 is 2.00 bits per heavy atom. The third-order valence-corrected chi connectivity index (χ3v) is 4.29. The van der Waals surface area contributed by atoms with E-state index in [1.807, 2.05) is 32.2 Å². The summed E-state index contributed by atoms with van der Waals surface area (Å²) in [6, 6.07) is 6.44. The first-order chi connectivity index (χ1) is 9.67. The Bertz CT molecular complexity index is 464. The molecule has 1 saturated carbocycles. The van der Waals surface area contributed by atoms with Crippen LogP contribution in [0, 0.1) is 6.92 Å². The molecule has 1 aliphatic rings. The lowest BCUT2D eigenvalue weighted by molar-refractivity contribution is 0.0649. The standard InChI is InChI=1S/C17H26N2O/c1-4-19(14-8-6-5-7-9-14)17(20)15-11-10-13(2)12-16(15)18-3/h10-12,14,18H,4-9H2,1-3H3. The van der Waals surface area contributed by atoms with Crippen molar-refractivity contribution in [1.82, 2.24) is 4.90 Å². The van der Waals surface area contributed by atoms with Crippen molar-refractivity contribution < 1.29 is 4.79 Å². The molecule has 0 atom stereocenters. The van der Waals surface area contributed by atoms with Crippen LogP contribution in [0.5, 0.6) is 0 Å². The Balaban J connectivity index is 2.23. The van der Waals surface area contributed by atoms with Crippen LogP contribution >= 0.6 is 0 Å². The fourth-order valence-electron chi connectivity index (χ4n) is 3.17. The SMILES string of the molecule is CCN(C(=O)c1ccc(C)cc1NC)C1CCCCC1. The average Bonchev–Trinajstić information content (AvgIpc) is 2.48. The summed E-state index contributed by atoms with van der Waals surface area (Å²) in [5.74, 6) is 0.170. The van der Waals surface area contributed by atoms with Crippen LogP contribution in [-0.2, 0) is 0 Å². The van der Waals surface area contributed by atoms with Gasteiger partial charge in [-0.05, 0) is 44.4 Å². The fraction of sp³-hybridized carbons (Fsp3) is 0.588. The molecule has 1 aromatic rings. The number of benzene rings is 1. The first-order valence-electron chi connectivity index (χ1n) is 7.76. The summed E-state index contributed by atoms with van der Waals surface area (Å²) >= 11 is 0. The van der Waals surface area contributed by atoms with E-state index in [-0.39, 0.29) is 5.91 Å². The number of nitrogens with zero attached hydrogens (tertiary/aromatic N) is 1. The van der Waals surface area contributed by atoms with Gasteiger partial charge in [0.1, 0.15) is 0 Å². The van der Waals surface area contributed by atoms with E-state index < -0.39 is 0 Å². The van der Waals surface area contributed by atoms with Crippen molar-refractivity contribution in [3.05, 3.63) is 29.3 Å². The zero-order chi connectivity index (χ0) is 14.5. The minimum Gasteiger partial charge on any atom is -0.387 e. The monoisotopic (exact) mass is 274 g/mol. The van der Waals surface area contributed by atoms with Crippen LogP contribution in [0.1, 0.15) is 54.9 Å². The Hall–Kier alpha value is -1.51. The van der Waals surface area contributed by atoms with Crippen molar-refractivity contribution in [2.75, 3.05) is 18.9 Å². The molecule has 20 heavy (non-hydrogen) atoms. The predicted octanol–water partition coefficient (Wildman–Crippen LogP) is 3.83. The third-order valence-electron chi connectivity index (χ3n) is 4.29. The molecule has 0 bridgehead atoms. The summed E-state index contributed by atoms with van der Waals surface area (Å²) in [4.78, 5) is 14.9. The first-order valence-corrected chi connectivity index (χ1v) is 7.76. The van der Waals surface area contributed by atoms with Crippen LogP contribution in [0.15, 0.2) is 18.2 Å². The molecule has 0 heterocycles. The summed E-state index contributed by atoms with van der Waals surface area (Å²) in [6.45, 7) is 4.92. The molecule has 1 aromatic carbocycles. The van der Waals surface area contributed by atoms with Crippen LogP contribution in [0.25, 0.3) is 0 Å². The lowest BCUT2D eigenvalue weighted by Gasteiger charge is -2.34. The molecule has 110 valence electrons. The zero-order valence-corrected chi connectivity index (χ0v) is 12.9. The summed E-state index contributed by atoms with van der Waals surface area (Å²) in [5, 5.41) is 3.15. The molecule has 0 unspecified atom stereocenters. The number of anilines is 1. The van der Waals surface area contributed by atoms with Crippen LogP contribution in [0.2, 0.25) is 0 Å². The van der Waals surface area contributed by atoms with Gasteiger partial charge in [0, 0.05) is 25.3 Å². The highest BCUT2D eigenvalue weighted by molar-refractivity contribution is 5.99. The summed E-state index contributed by atoms with van der Waals surface area (Å²) in [5.41, 5.74) is 2.90. The largest absolute Gasteiger partial charge is 0.387 e. The number of hydrogen-bond donors (Lipinski definition) is 1. The second-order valence-corrected chi connectivity index (χ2v) is 5.68. The minimum absolute atomic E-state index is 0.170. The van der Waals surface area contributed by atoms with E-state index in [9.17, 15) is 4.79 Å². The molecule has 1 aliphatic carbocycles. The summed E-state index contributed by atoms with van der Waals surface area (Å²) < 4.78 is 0. The first kappa shape index (κ1) is 14.9. The molecular weight excluding hydrogens is 248 g/mol. The molecule has 1 fully saturated rings. The quantitative estimate of drug-likeness (QED) is 0.905. The maximum atomic E-state index is 12.9. The van der Waals surface area contributed by atoms with E-state index in [1.54, 1.807) is 0 Å². The zero-order valence-electron chi connectivity index (χ0n) is 12.9. The lowest BCUT2D eigenvalue weighted by atomic mass is 9.93. The topological polar surface area (TPSA) is 32.3 Å².